The molecule has 2 aromatic carbocycles. The normalized spacial score (nSPS) is 21.4. The molecule has 3 aliphatic heterocycles. The summed E-state index contributed by atoms with van der Waals surface area (Å²) in [6, 6.07) is 12.6. The molecule has 0 radical (unpaired) electrons. The third-order valence-electron chi connectivity index (χ3n) is 6.43. The maximum Gasteiger partial charge on any atom is 0.250 e. The molecule has 170 valence electrons. The highest BCUT2D eigenvalue weighted by molar-refractivity contribution is 7.89. The Bertz CT molecular complexity index is 1130. The molecule has 9 heteroatoms. The van der Waals surface area contributed by atoms with E-state index in [2.05, 4.69) is 4.90 Å². The summed E-state index contributed by atoms with van der Waals surface area (Å²) in [6.07, 6.45) is 1.75. The summed E-state index contributed by atoms with van der Waals surface area (Å²) in [5, 5.41) is 0. The molecule has 2 fully saturated rings. The highest BCUT2D eigenvalue weighted by Gasteiger charge is 2.41. The Labute approximate surface area is 188 Å². The van der Waals surface area contributed by atoms with Crippen molar-refractivity contribution in [2.24, 2.45) is 0 Å². The first-order valence-corrected chi connectivity index (χ1v) is 12.4. The average Bonchev–Trinajstić information content (AvgIpc) is 3.32. The molecule has 0 unspecified atom stereocenters. The molecule has 0 spiro atoms. The monoisotopic (exact) mass is 457 g/mol. The van der Waals surface area contributed by atoms with Crippen LogP contribution in [0.5, 0.6) is 5.75 Å². The smallest absolute Gasteiger partial charge is 0.250 e. The number of amides is 1. The van der Waals surface area contributed by atoms with Crippen molar-refractivity contribution in [1.29, 1.82) is 0 Å². The maximum absolute atomic E-state index is 13.5. The lowest BCUT2D eigenvalue weighted by molar-refractivity contribution is -0.120. The number of benzene rings is 2. The van der Waals surface area contributed by atoms with Gasteiger partial charge in [0.05, 0.1) is 43.1 Å². The fraction of sp³-hybridized carbons (Fsp3) is 0.435. The number of ether oxygens (including phenoxy) is 2. The van der Waals surface area contributed by atoms with Gasteiger partial charge in [0.25, 0.3) is 0 Å². The highest BCUT2D eigenvalue weighted by atomic mass is 32.2. The number of methoxy groups -OCH3 is 1. The van der Waals surface area contributed by atoms with E-state index in [4.69, 9.17) is 9.47 Å². The molecule has 32 heavy (non-hydrogen) atoms. The molecule has 2 saturated heterocycles. The Morgan fingerprint density at radius 3 is 2.66 bits per heavy atom. The van der Waals surface area contributed by atoms with Crippen LogP contribution >= 0.6 is 0 Å². The van der Waals surface area contributed by atoms with Crippen molar-refractivity contribution in [2.45, 2.75) is 30.3 Å². The first-order chi connectivity index (χ1) is 15.5. The lowest BCUT2D eigenvalue weighted by Crippen LogP contribution is -2.50. The third kappa shape index (κ3) is 3.64. The standard InChI is InChI=1S/C23H27N3O5S/c1-30-18-5-2-4-17(14-18)16-26-22-15-19(32(28,29)24-10-12-31-13-11-24)7-8-20(22)25-9-3-6-21(25)23(26)27/h2,4-5,7-8,14-15,21H,3,6,9-13,16H2,1H3/t21-/m1/s1. The molecule has 2 aromatic rings. The number of rotatable bonds is 5. The van der Waals surface area contributed by atoms with Crippen LogP contribution in [0.2, 0.25) is 0 Å². The number of hydrogen-bond donors (Lipinski definition) is 0. The summed E-state index contributed by atoms with van der Waals surface area (Å²) in [6.45, 7) is 2.60. The van der Waals surface area contributed by atoms with Crippen molar-refractivity contribution in [2.75, 3.05) is 49.8 Å². The van der Waals surface area contributed by atoms with E-state index in [0.717, 1.165) is 36.4 Å². The molecule has 3 heterocycles. The minimum atomic E-state index is -3.67. The van der Waals surface area contributed by atoms with Gasteiger partial charge in [-0.25, -0.2) is 8.42 Å². The van der Waals surface area contributed by atoms with E-state index < -0.39 is 10.0 Å². The first kappa shape index (κ1) is 21.2. The van der Waals surface area contributed by atoms with Crippen LogP contribution in [0.4, 0.5) is 11.4 Å². The van der Waals surface area contributed by atoms with Crippen LogP contribution in [0.1, 0.15) is 18.4 Å². The Morgan fingerprint density at radius 1 is 1.06 bits per heavy atom. The third-order valence-corrected chi connectivity index (χ3v) is 8.33. The van der Waals surface area contributed by atoms with Crippen LogP contribution in [-0.4, -0.2) is 64.6 Å². The highest BCUT2D eigenvalue weighted by Crippen LogP contribution is 2.42. The second kappa shape index (κ2) is 8.38. The van der Waals surface area contributed by atoms with Crippen LogP contribution in [0.3, 0.4) is 0 Å². The minimum Gasteiger partial charge on any atom is -0.497 e. The minimum absolute atomic E-state index is 0.0127. The lowest BCUT2D eigenvalue weighted by Gasteiger charge is -2.40. The Hall–Kier alpha value is -2.62. The molecule has 8 nitrogen and oxygen atoms in total. The van der Waals surface area contributed by atoms with Gasteiger partial charge in [-0.05, 0) is 48.7 Å². The zero-order chi connectivity index (χ0) is 22.3. The molecule has 1 amide bonds. The second-order valence-corrected chi connectivity index (χ2v) is 10.2. The van der Waals surface area contributed by atoms with Crippen LogP contribution in [0.25, 0.3) is 0 Å². The van der Waals surface area contributed by atoms with E-state index in [0.29, 0.717) is 38.5 Å². The summed E-state index contributed by atoms with van der Waals surface area (Å²) in [5.74, 6) is 0.733. The maximum atomic E-state index is 13.5. The topological polar surface area (TPSA) is 79.4 Å². The van der Waals surface area contributed by atoms with Gasteiger partial charge in [-0.1, -0.05) is 12.1 Å². The SMILES string of the molecule is COc1cccc(CN2C(=O)[C@H]3CCCN3c3ccc(S(=O)(=O)N4CCOCC4)cc32)c1. The quantitative estimate of drug-likeness (QED) is 0.685. The van der Waals surface area contributed by atoms with Crippen molar-refractivity contribution in [1.82, 2.24) is 4.31 Å². The second-order valence-electron chi connectivity index (χ2n) is 8.29. The van der Waals surface area contributed by atoms with Gasteiger partial charge in [-0.2, -0.15) is 4.31 Å². The fourth-order valence-corrected chi connectivity index (χ4v) is 6.21. The molecule has 0 aliphatic carbocycles. The first-order valence-electron chi connectivity index (χ1n) is 10.9. The van der Waals surface area contributed by atoms with E-state index in [9.17, 15) is 13.2 Å². The largest absolute Gasteiger partial charge is 0.497 e. The van der Waals surface area contributed by atoms with Gasteiger partial charge in [-0.3, -0.25) is 4.79 Å². The molecule has 5 rings (SSSR count). The van der Waals surface area contributed by atoms with Gasteiger partial charge in [-0.15, -0.1) is 0 Å². The van der Waals surface area contributed by atoms with Gasteiger partial charge >= 0.3 is 0 Å². The van der Waals surface area contributed by atoms with Crippen molar-refractivity contribution in [3.63, 3.8) is 0 Å². The van der Waals surface area contributed by atoms with Crippen molar-refractivity contribution in [3.05, 3.63) is 48.0 Å². The molecule has 1 atom stereocenters. The predicted octanol–water partition coefficient (Wildman–Crippen LogP) is 2.23. The van der Waals surface area contributed by atoms with Crippen LogP contribution < -0.4 is 14.5 Å². The summed E-state index contributed by atoms with van der Waals surface area (Å²) >= 11 is 0. The zero-order valence-corrected chi connectivity index (χ0v) is 18.9. The fourth-order valence-electron chi connectivity index (χ4n) is 4.79. The molecule has 0 N–H and O–H groups in total. The number of carbonyl (C=O) groups excluding carboxylic acids is 1. The van der Waals surface area contributed by atoms with E-state index in [-0.39, 0.29) is 16.8 Å². The predicted molar refractivity (Wildman–Crippen MR) is 121 cm³/mol. The van der Waals surface area contributed by atoms with E-state index in [1.807, 2.05) is 30.3 Å². The van der Waals surface area contributed by atoms with Crippen LogP contribution in [0, 0.1) is 0 Å². The number of carbonyl (C=O) groups is 1. The number of fused-ring (bicyclic) bond motifs is 3. The Kier molecular flexibility index (Phi) is 5.56. The summed E-state index contributed by atoms with van der Waals surface area (Å²) in [4.78, 5) is 17.5. The lowest BCUT2D eigenvalue weighted by atomic mass is 10.1. The number of sulfonamides is 1. The van der Waals surface area contributed by atoms with E-state index in [1.54, 1.807) is 24.1 Å². The van der Waals surface area contributed by atoms with Crippen LogP contribution in [-0.2, 0) is 26.1 Å². The molecule has 0 aromatic heterocycles. The Morgan fingerprint density at radius 2 is 1.88 bits per heavy atom. The summed E-state index contributed by atoms with van der Waals surface area (Å²) in [5.41, 5.74) is 2.48. The van der Waals surface area contributed by atoms with Gasteiger partial charge in [0.1, 0.15) is 11.8 Å². The van der Waals surface area contributed by atoms with Gasteiger partial charge < -0.3 is 19.3 Å². The molecule has 3 aliphatic rings. The summed E-state index contributed by atoms with van der Waals surface area (Å²) < 4.78 is 38.6. The number of morpholine rings is 1. The van der Waals surface area contributed by atoms with Crippen LogP contribution in [0.15, 0.2) is 47.4 Å². The molecule has 0 bridgehead atoms. The molecular formula is C23H27N3O5S. The van der Waals surface area contributed by atoms with E-state index >= 15 is 0 Å². The molecule has 0 saturated carbocycles. The van der Waals surface area contributed by atoms with Gasteiger partial charge in [0.2, 0.25) is 15.9 Å². The van der Waals surface area contributed by atoms with Gasteiger partial charge in [0, 0.05) is 19.6 Å². The van der Waals surface area contributed by atoms with Crippen molar-refractivity contribution >= 4 is 27.3 Å². The average molecular weight is 458 g/mol. The Balaban J connectivity index is 1.56. The zero-order valence-electron chi connectivity index (χ0n) is 18.1. The van der Waals surface area contributed by atoms with Crippen molar-refractivity contribution < 1.29 is 22.7 Å². The number of anilines is 2. The van der Waals surface area contributed by atoms with Gasteiger partial charge in [0.15, 0.2) is 0 Å². The number of nitrogens with zero attached hydrogens (tertiary/aromatic N) is 3. The summed E-state index contributed by atoms with van der Waals surface area (Å²) in [7, 11) is -2.05. The van der Waals surface area contributed by atoms with E-state index in [1.165, 1.54) is 4.31 Å². The number of hydrogen-bond acceptors (Lipinski definition) is 6. The van der Waals surface area contributed by atoms with Crippen molar-refractivity contribution in [3.8, 4) is 5.75 Å². The molecular weight excluding hydrogens is 430 g/mol.